The second kappa shape index (κ2) is 9.89. The van der Waals surface area contributed by atoms with Crippen molar-refractivity contribution >= 4 is 21.6 Å². The molecule has 1 amide bonds. The minimum absolute atomic E-state index is 0.0785. The zero-order chi connectivity index (χ0) is 22.6. The first-order valence-corrected chi connectivity index (χ1v) is 12.1. The van der Waals surface area contributed by atoms with Gasteiger partial charge in [-0.1, -0.05) is 32.0 Å². The summed E-state index contributed by atoms with van der Waals surface area (Å²) in [6.07, 6.45) is 0.979. The number of carbonyl (C=O) groups is 1. The van der Waals surface area contributed by atoms with Gasteiger partial charge in [-0.15, -0.1) is 0 Å². The molecule has 2 aromatic carbocycles. The van der Waals surface area contributed by atoms with E-state index in [0.717, 1.165) is 29.8 Å². The number of halogens is 1. The molecule has 2 atom stereocenters. The van der Waals surface area contributed by atoms with Crippen LogP contribution < -0.4 is 5.32 Å². The van der Waals surface area contributed by atoms with E-state index >= 15 is 0 Å². The predicted molar refractivity (Wildman–Crippen MR) is 120 cm³/mol. The first-order valence-electron chi connectivity index (χ1n) is 10.6. The molecule has 0 aliphatic carbocycles. The van der Waals surface area contributed by atoms with Crippen molar-refractivity contribution in [2.75, 3.05) is 31.5 Å². The minimum atomic E-state index is -3.68. The summed E-state index contributed by atoms with van der Waals surface area (Å²) < 4.78 is 40.1. The van der Waals surface area contributed by atoms with Crippen LogP contribution in [-0.2, 0) is 14.8 Å². The maximum Gasteiger partial charge on any atom is 0.243 e. The molecule has 3 rings (SSSR count). The number of carbonyl (C=O) groups excluding carboxylic acids is 1. The van der Waals surface area contributed by atoms with Crippen LogP contribution in [0.4, 0.5) is 10.1 Å². The summed E-state index contributed by atoms with van der Waals surface area (Å²) in [5.41, 5.74) is 1.94. The van der Waals surface area contributed by atoms with Crippen LogP contribution in [0, 0.1) is 5.82 Å². The lowest BCUT2D eigenvalue weighted by atomic mass is 9.97. The van der Waals surface area contributed by atoms with E-state index in [-0.39, 0.29) is 29.9 Å². The molecule has 0 spiro atoms. The Labute approximate surface area is 184 Å². The highest BCUT2D eigenvalue weighted by Crippen LogP contribution is 2.27. The normalized spacial score (nSPS) is 17.8. The van der Waals surface area contributed by atoms with Gasteiger partial charge in [0.05, 0.1) is 10.9 Å². The van der Waals surface area contributed by atoms with Crippen LogP contribution in [0.25, 0.3) is 0 Å². The molecule has 1 aliphatic heterocycles. The van der Waals surface area contributed by atoms with Gasteiger partial charge in [-0.25, -0.2) is 12.8 Å². The third kappa shape index (κ3) is 5.31. The van der Waals surface area contributed by atoms with Crippen LogP contribution in [0.5, 0.6) is 0 Å². The lowest BCUT2D eigenvalue weighted by Crippen LogP contribution is -2.53. The van der Waals surface area contributed by atoms with Gasteiger partial charge in [-0.2, -0.15) is 4.31 Å². The van der Waals surface area contributed by atoms with Crippen LogP contribution in [-0.4, -0.2) is 55.8 Å². The third-order valence-corrected chi connectivity index (χ3v) is 7.93. The number of hydrogen-bond donors (Lipinski definition) is 1. The summed E-state index contributed by atoms with van der Waals surface area (Å²) in [5.74, 6) is -0.240. The monoisotopic (exact) mass is 447 g/mol. The molecule has 2 aromatic rings. The van der Waals surface area contributed by atoms with Crippen LogP contribution >= 0.6 is 0 Å². The van der Waals surface area contributed by atoms with Crippen molar-refractivity contribution in [1.29, 1.82) is 0 Å². The van der Waals surface area contributed by atoms with E-state index in [9.17, 15) is 17.6 Å². The Morgan fingerprint density at radius 3 is 2.26 bits per heavy atom. The standard InChI is InChI=1S/C23H30FN3O3S/c1-4-17(2)21-7-5-6-8-22(21)25-23(28)18(3)26-13-15-27(16-14-26)31(29,30)20-11-9-19(24)10-12-20/h5-12,17-18H,4,13-16H2,1-3H3,(H,25,28)/t17-,18-/m1/s1. The van der Waals surface area contributed by atoms with Crippen molar-refractivity contribution in [3.63, 3.8) is 0 Å². The van der Waals surface area contributed by atoms with E-state index in [4.69, 9.17) is 0 Å². The summed E-state index contributed by atoms with van der Waals surface area (Å²) in [6, 6.07) is 12.3. The van der Waals surface area contributed by atoms with Crippen LogP contribution in [0.3, 0.4) is 0 Å². The van der Waals surface area contributed by atoms with Crippen molar-refractivity contribution in [1.82, 2.24) is 9.21 Å². The Kier molecular flexibility index (Phi) is 7.46. The maximum atomic E-state index is 13.1. The van der Waals surface area contributed by atoms with E-state index in [0.29, 0.717) is 19.0 Å². The van der Waals surface area contributed by atoms with Crippen molar-refractivity contribution in [2.45, 2.75) is 44.0 Å². The van der Waals surface area contributed by atoms with Crippen LogP contribution in [0.2, 0.25) is 0 Å². The molecule has 1 saturated heterocycles. The molecule has 6 nitrogen and oxygen atoms in total. The highest BCUT2D eigenvalue weighted by atomic mass is 32.2. The molecule has 31 heavy (non-hydrogen) atoms. The van der Waals surface area contributed by atoms with E-state index in [1.165, 1.54) is 16.4 Å². The fraction of sp³-hybridized carbons (Fsp3) is 0.435. The number of benzene rings is 2. The van der Waals surface area contributed by atoms with Gasteiger partial charge in [0.15, 0.2) is 0 Å². The minimum Gasteiger partial charge on any atom is -0.324 e. The second-order valence-corrected chi connectivity index (χ2v) is 9.89. The third-order valence-electron chi connectivity index (χ3n) is 6.01. The fourth-order valence-corrected chi connectivity index (χ4v) is 5.17. The molecule has 0 saturated carbocycles. The van der Waals surface area contributed by atoms with E-state index < -0.39 is 15.8 Å². The zero-order valence-corrected chi connectivity index (χ0v) is 19.0. The summed E-state index contributed by atoms with van der Waals surface area (Å²) in [6.45, 7) is 7.54. The first kappa shape index (κ1) is 23.4. The van der Waals surface area contributed by atoms with Gasteiger partial charge in [0, 0.05) is 31.9 Å². The first-order chi connectivity index (χ1) is 14.7. The van der Waals surface area contributed by atoms with Gasteiger partial charge >= 0.3 is 0 Å². The Hall–Kier alpha value is -2.29. The lowest BCUT2D eigenvalue weighted by Gasteiger charge is -2.36. The second-order valence-electron chi connectivity index (χ2n) is 7.96. The number of nitrogens with zero attached hydrogens (tertiary/aromatic N) is 2. The largest absolute Gasteiger partial charge is 0.324 e. The lowest BCUT2D eigenvalue weighted by molar-refractivity contribution is -0.121. The smallest absolute Gasteiger partial charge is 0.243 e. The van der Waals surface area contributed by atoms with Crippen molar-refractivity contribution in [3.8, 4) is 0 Å². The molecule has 0 radical (unpaired) electrons. The molecule has 0 unspecified atom stereocenters. The number of amides is 1. The highest BCUT2D eigenvalue weighted by molar-refractivity contribution is 7.89. The molecule has 168 valence electrons. The molecular weight excluding hydrogens is 417 g/mol. The molecule has 8 heteroatoms. The van der Waals surface area contributed by atoms with Crippen molar-refractivity contribution in [3.05, 3.63) is 59.9 Å². The van der Waals surface area contributed by atoms with E-state index in [2.05, 4.69) is 19.2 Å². The molecule has 1 fully saturated rings. The molecule has 0 bridgehead atoms. The Morgan fingerprint density at radius 2 is 1.65 bits per heavy atom. The summed E-state index contributed by atoms with van der Waals surface area (Å²) in [4.78, 5) is 14.9. The van der Waals surface area contributed by atoms with Crippen molar-refractivity contribution < 1.29 is 17.6 Å². The number of para-hydroxylation sites is 1. The quantitative estimate of drug-likeness (QED) is 0.703. The van der Waals surface area contributed by atoms with Gasteiger partial charge in [0.25, 0.3) is 0 Å². The van der Waals surface area contributed by atoms with Crippen molar-refractivity contribution in [2.24, 2.45) is 0 Å². The summed E-state index contributed by atoms with van der Waals surface area (Å²) >= 11 is 0. The number of rotatable bonds is 7. The van der Waals surface area contributed by atoms with Gasteiger partial charge in [0.1, 0.15) is 5.82 Å². The number of sulfonamides is 1. The van der Waals surface area contributed by atoms with Gasteiger partial charge < -0.3 is 5.32 Å². The van der Waals surface area contributed by atoms with E-state index in [1.54, 1.807) is 0 Å². The maximum absolute atomic E-state index is 13.1. The molecule has 1 aliphatic rings. The summed E-state index contributed by atoms with van der Waals surface area (Å²) in [7, 11) is -3.68. The van der Waals surface area contributed by atoms with Gasteiger partial charge in [-0.05, 0) is 55.2 Å². The summed E-state index contributed by atoms with van der Waals surface area (Å²) in [5, 5.41) is 3.05. The predicted octanol–water partition coefficient (Wildman–Crippen LogP) is 3.67. The van der Waals surface area contributed by atoms with Crippen LogP contribution in [0.15, 0.2) is 53.4 Å². The average molecular weight is 448 g/mol. The SMILES string of the molecule is CC[C@@H](C)c1ccccc1NC(=O)[C@@H](C)N1CCN(S(=O)(=O)c2ccc(F)cc2)CC1. The van der Waals surface area contributed by atoms with E-state index in [1.807, 2.05) is 36.1 Å². The molecular formula is C23H30FN3O3S. The fourth-order valence-electron chi connectivity index (χ4n) is 3.75. The Bertz CT molecular complexity index is 1000. The van der Waals surface area contributed by atoms with Gasteiger partial charge in [0.2, 0.25) is 15.9 Å². The zero-order valence-electron chi connectivity index (χ0n) is 18.2. The van der Waals surface area contributed by atoms with Crippen LogP contribution in [0.1, 0.15) is 38.7 Å². The topological polar surface area (TPSA) is 69.7 Å². The number of anilines is 1. The Morgan fingerprint density at radius 1 is 1.03 bits per heavy atom. The number of piperazine rings is 1. The molecule has 0 aromatic heterocycles. The number of hydrogen-bond acceptors (Lipinski definition) is 4. The number of nitrogens with one attached hydrogen (secondary N) is 1. The molecule has 1 heterocycles. The average Bonchev–Trinajstić information content (AvgIpc) is 2.78. The Balaban J connectivity index is 1.62. The highest BCUT2D eigenvalue weighted by Gasteiger charge is 2.32. The van der Waals surface area contributed by atoms with Gasteiger partial charge in [-0.3, -0.25) is 9.69 Å². The molecule has 1 N–H and O–H groups in total.